The van der Waals surface area contributed by atoms with Gasteiger partial charge >= 0.3 is 6.03 Å². The van der Waals surface area contributed by atoms with Crippen LogP contribution in [-0.2, 0) is 0 Å². The Kier molecular flexibility index (Phi) is 5.93. The molecule has 0 radical (unpaired) electrons. The number of carbonyl (C=O) groups is 1. The van der Waals surface area contributed by atoms with Gasteiger partial charge in [0.1, 0.15) is 10.5 Å². The van der Waals surface area contributed by atoms with E-state index in [4.69, 9.17) is 12.2 Å². The number of fused-ring (bicyclic) bond motifs is 1. The highest BCUT2D eigenvalue weighted by Gasteiger charge is 2.49. The molecule has 1 atom stereocenters. The van der Waals surface area contributed by atoms with Crippen molar-refractivity contribution in [3.05, 3.63) is 42.5 Å². The minimum Gasteiger partial charge on any atom is -0.334 e. The number of amides is 2. The molecular weight excluding hydrogens is 378 g/mol. The van der Waals surface area contributed by atoms with Crippen LogP contribution < -0.4 is 5.32 Å². The largest absolute Gasteiger partial charge is 0.347 e. The van der Waals surface area contributed by atoms with Crippen LogP contribution in [0.15, 0.2) is 42.5 Å². The zero-order chi connectivity index (χ0) is 19.6. The average molecular weight is 404 g/mol. The first kappa shape index (κ1) is 19.9. The van der Waals surface area contributed by atoms with E-state index in [0.717, 1.165) is 39.5 Å². The fraction of sp³-hybridized carbons (Fsp3) is 0.400. The van der Waals surface area contributed by atoms with Gasteiger partial charge in [-0.2, -0.15) is 5.06 Å². The molecule has 0 aromatic heterocycles. The van der Waals surface area contributed by atoms with E-state index in [0.29, 0.717) is 5.69 Å². The lowest BCUT2D eigenvalue weighted by atomic mass is 10.1. The highest BCUT2D eigenvalue weighted by Crippen LogP contribution is 2.42. The SMILES string of the molecule is CCCCN1C(=S)SC(C)(C)[C@@H]1N(O)C(=O)Nc1cccc2ccccc12. The molecule has 0 spiro atoms. The van der Waals surface area contributed by atoms with Crippen LogP contribution in [0.1, 0.15) is 33.6 Å². The second-order valence-electron chi connectivity index (χ2n) is 7.19. The Morgan fingerprint density at radius 2 is 2.00 bits per heavy atom. The minimum atomic E-state index is -0.559. The Morgan fingerprint density at radius 3 is 2.74 bits per heavy atom. The molecule has 27 heavy (non-hydrogen) atoms. The summed E-state index contributed by atoms with van der Waals surface area (Å²) in [7, 11) is 0. The predicted molar refractivity (Wildman–Crippen MR) is 116 cm³/mol. The summed E-state index contributed by atoms with van der Waals surface area (Å²) in [5.74, 6) is 0. The maximum atomic E-state index is 12.8. The molecule has 2 amide bonds. The standard InChI is InChI=1S/C20H25N3O2S2/c1-4-5-13-22-17(20(2,3)27-19(22)26)23(25)18(24)21-16-12-8-10-14-9-6-7-11-15(14)16/h6-12,17,25H,4-5,13H2,1-3H3,(H,21,24)/t17-/m0/s1. The first-order chi connectivity index (χ1) is 12.8. The Morgan fingerprint density at radius 1 is 1.30 bits per heavy atom. The van der Waals surface area contributed by atoms with Crippen LogP contribution in [-0.4, -0.2) is 43.0 Å². The summed E-state index contributed by atoms with van der Waals surface area (Å²) in [5.41, 5.74) is 0.670. The normalized spacial score (nSPS) is 18.7. The average Bonchev–Trinajstić information content (AvgIpc) is 2.87. The summed E-state index contributed by atoms with van der Waals surface area (Å²) >= 11 is 7.02. The van der Waals surface area contributed by atoms with Crippen LogP contribution in [0.2, 0.25) is 0 Å². The Balaban J connectivity index is 1.83. The molecule has 0 aliphatic carbocycles. The number of hydrogen-bond acceptors (Lipinski definition) is 4. The predicted octanol–water partition coefficient (Wildman–Crippen LogP) is 5.30. The van der Waals surface area contributed by atoms with Crippen molar-refractivity contribution in [3.8, 4) is 0 Å². The lowest BCUT2D eigenvalue weighted by molar-refractivity contribution is -0.114. The number of unbranched alkanes of at least 4 members (excludes halogenated alkanes) is 1. The number of thioether (sulfide) groups is 1. The fourth-order valence-corrected chi connectivity index (χ4v) is 5.32. The van der Waals surface area contributed by atoms with Gasteiger partial charge in [-0.15, -0.1) is 0 Å². The third-order valence-electron chi connectivity index (χ3n) is 4.73. The molecule has 5 nitrogen and oxygen atoms in total. The number of hydroxylamine groups is 2. The third-order valence-corrected chi connectivity index (χ3v) is 6.36. The number of hydrogen-bond donors (Lipinski definition) is 2. The highest BCUT2D eigenvalue weighted by molar-refractivity contribution is 8.24. The van der Waals surface area contributed by atoms with Crippen molar-refractivity contribution >= 4 is 50.8 Å². The lowest BCUT2D eigenvalue weighted by Gasteiger charge is -2.36. The van der Waals surface area contributed by atoms with E-state index in [-0.39, 0.29) is 0 Å². The molecule has 0 unspecified atom stereocenters. The number of nitrogens with zero attached hydrogens (tertiary/aromatic N) is 2. The van der Waals surface area contributed by atoms with Crippen molar-refractivity contribution in [1.29, 1.82) is 0 Å². The Hall–Kier alpha value is -1.83. The van der Waals surface area contributed by atoms with Gasteiger partial charge in [0.25, 0.3) is 0 Å². The number of nitrogens with one attached hydrogen (secondary N) is 1. The molecule has 2 aromatic rings. The van der Waals surface area contributed by atoms with Gasteiger partial charge in [0.05, 0.1) is 10.4 Å². The first-order valence-corrected chi connectivity index (χ1v) is 10.3. The van der Waals surface area contributed by atoms with E-state index in [1.165, 1.54) is 11.8 Å². The number of carbonyl (C=O) groups excluding carboxylic acids is 1. The second kappa shape index (κ2) is 8.04. The van der Waals surface area contributed by atoms with Crippen molar-refractivity contribution in [2.45, 2.75) is 44.5 Å². The van der Waals surface area contributed by atoms with E-state index in [2.05, 4.69) is 12.2 Å². The molecule has 0 saturated carbocycles. The molecular formula is C20H25N3O2S2. The van der Waals surface area contributed by atoms with Crippen LogP contribution in [0.5, 0.6) is 0 Å². The molecule has 1 saturated heterocycles. The molecule has 144 valence electrons. The van der Waals surface area contributed by atoms with E-state index < -0.39 is 16.9 Å². The molecule has 7 heteroatoms. The van der Waals surface area contributed by atoms with Crippen LogP contribution in [0.25, 0.3) is 10.8 Å². The lowest BCUT2D eigenvalue weighted by Crippen LogP contribution is -2.55. The summed E-state index contributed by atoms with van der Waals surface area (Å²) in [6, 6.07) is 13.0. The van der Waals surface area contributed by atoms with Gasteiger partial charge in [-0.25, -0.2) is 4.79 Å². The third kappa shape index (κ3) is 4.05. The van der Waals surface area contributed by atoms with Gasteiger partial charge in [0.2, 0.25) is 0 Å². The van der Waals surface area contributed by atoms with Crippen molar-refractivity contribution in [2.75, 3.05) is 11.9 Å². The summed E-state index contributed by atoms with van der Waals surface area (Å²) in [6.45, 7) is 6.81. The zero-order valence-electron chi connectivity index (χ0n) is 15.8. The van der Waals surface area contributed by atoms with Gasteiger partial charge in [0.15, 0.2) is 0 Å². The summed E-state index contributed by atoms with van der Waals surface area (Å²) in [5, 5.41) is 16.4. The smallest absolute Gasteiger partial charge is 0.334 e. The van der Waals surface area contributed by atoms with E-state index in [1.54, 1.807) is 0 Å². The second-order valence-corrected chi connectivity index (χ2v) is 9.48. The molecule has 1 heterocycles. The topological polar surface area (TPSA) is 55.8 Å². The monoisotopic (exact) mass is 403 g/mol. The van der Waals surface area contributed by atoms with E-state index in [9.17, 15) is 10.0 Å². The maximum Gasteiger partial charge on any atom is 0.347 e. The summed E-state index contributed by atoms with van der Waals surface area (Å²) in [6.07, 6.45) is 1.45. The number of thiocarbonyl (C=S) groups is 1. The molecule has 1 aliphatic rings. The molecule has 2 N–H and O–H groups in total. The zero-order valence-corrected chi connectivity index (χ0v) is 17.4. The molecule has 0 bridgehead atoms. The van der Waals surface area contributed by atoms with Crippen LogP contribution in [0.4, 0.5) is 10.5 Å². The van der Waals surface area contributed by atoms with Gasteiger partial charge in [-0.05, 0) is 31.7 Å². The van der Waals surface area contributed by atoms with Crippen molar-refractivity contribution in [3.63, 3.8) is 0 Å². The molecule has 3 rings (SSSR count). The number of urea groups is 1. The summed E-state index contributed by atoms with van der Waals surface area (Å²) < 4.78 is 0.311. The van der Waals surface area contributed by atoms with E-state index in [1.807, 2.05) is 61.2 Å². The maximum absolute atomic E-state index is 12.8. The van der Waals surface area contributed by atoms with Crippen molar-refractivity contribution in [2.24, 2.45) is 0 Å². The quantitative estimate of drug-likeness (QED) is 0.403. The van der Waals surface area contributed by atoms with Crippen LogP contribution in [0.3, 0.4) is 0 Å². The van der Waals surface area contributed by atoms with Crippen molar-refractivity contribution < 1.29 is 10.0 Å². The minimum absolute atomic E-state index is 0.407. The first-order valence-electron chi connectivity index (χ1n) is 9.11. The van der Waals surface area contributed by atoms with Crippen molar-refractivity contribution in [1.82, 2.24) is 9.96 Å². The van der Waals surface area contributed by atoms with Gasteiger partial charge < -0.3 is 10.2 Å². The van der Waals surface area contributed by atoms with Gasteiger partial charge in [-0.1, -0.05) is 73.7 Å². The van der Waals surface area contributed by atoms with Gasteiger partial charge in [0, 0.05) is 11.9 Å². The van der Waals surface area contributed by atoms with E-state index >= 15 is 0 Å². The van der Waals surface area contributed by atoms with Crippen LogP contribution >= 0.6 is 24.0 Å². The number of anilines is 1. The van der Waals surface area contributed by atoms with Gasteiger partial charge in [-0.3, -0.25) is 5.21 Å². The molecule has 1 fully saturated rings. The molecule has 1 aliphatic heterocycles. The molecule has 2 aromatic carbocycles. The highest BCUT2D eigenvalue weighted by atomic mass is 32.2. The summed E-state index contributed by atoms with van der Waals surface area (Å²) in [4.78, 5) is 14.8. The number of benzene rings is 2. The fourth-order valence-electron chi connectivity index (χ4n) is 3.40. The Labute approximate surface area is 169 Å². The van der Waals surface area contributed by atoms with Crippen LogP contribution in [0, 0.1) is 0 Å². The number of rotatable bonds is 5. The Bertz CT molecular complexity index is 851.